The first-order valence-corrected chi connectivity index (χ1v) is 12.5. The molecule has 1 saturated heterocycles. The number of amides is 1. The van der Waals surface area contributed by atoms with Gasteiger partial charge in [-0.2, -0.15) is 4.98 Å². The predicted molar refractivity (Wildman–Crippen MR) is 142 cm³/mol. The summed E-state index contributed by atoms with van der Waals surface area (Å²) >= 11 is 0. The van der Waals surface area contributed by atoms with Gasteiger partial charge in [-0.05, 0) is 76.3 Å². The zero-order valence-corrected chi connectivity index (χ0v) is 21.2. The second kappa shape index (κ2) is 9.55. The third-order valence-electron chi connectivity index (χ3n) is 6.61. The number of halogens is 1. The average molecular weight is 506 g/mol. The minimum Gasteiger partial charge on any atom is -0.444 e. The summed E-state index contributed by atoms with van der Waals surface area (Å²) in [6.07, 6.45) is 2.62. The molecule has 1 amide bonds. The van der Waals surface area contributed by atoms with Gasteiger partial charge < -0.3 is 9.64 Å². The Morgan fingerprint density at radius 2 is 2.00 bits per heavy atom. The Balaban J connectivity index is 1.55. The highest BCUT2D eigenvalue weighted by atomic mass is 19.1. The Bertz CT molecular complexity index is 1600. The third-order valence-corrected chi connectivity index (χ3v) is 6.61. The van der Waals surface area contributed by atoms with E-state index in [2.05, 4.69) is 16.8 Å². The highest BCUT2D eigenvalue weighted by Crippen LogP contribution is 2.37. The molecule has 1 unspecified atom stereocenters. The summed E-state index contributed by atoms with van der Waals surface area (Å²) < 4.78 is 44.7. The zero-order chi connectivity index (χ0) is 28.8. The van der Waals surface area contributed by atoms with Crippen LogP contribution in [-0.2, 0) is 18.1 Å². The molecule has 5 rings (SSSR count). The Kier molecular flexibility index (Phi) is 5.48. The van der Waals surface area contributed by atoms with Crippen LogP contribution < -0.4 is 10.6 Å². The molecule has 0 N–H and O–H groups in total. The number of hydrogen-bond acceptors (Lipinski definition) is 5. The molecule has 1 fully saturated rings. The number of nitrogens with zero attached hydrogens (tertiary/aromatic N) is 4. The largest absolute Gasteiger partial charge is 0.444 e. The van der Waals surface area contributed by atoms with Crippen LogP contribution in [0.5, 0.6) is 0 Å². The Hall–Kier alpha value is -3.86. The minimum atomic E-state index is -2.81. The molecule has 192 valence electrons. The number of aromatic nitrogens is 2. The van der Waals surface area contributed by atoms with Gasteiger partial charge in [0.05, 0.1) is 16.9 Å². The molecule has 7 nitrogen and oxygen atoms in total. The zero-order valence-electron chi connectivity index (χ0n) is 24.2. The van der Waals surface area contributed by atoms with Crippen molar-refractivity contribution in [1.82, 2.24) is 14.5 Å². The van der Waals surface area contributed by atoms with Crippen LogP contribution in [0.15, 0.2) is 41.2 Å². The molecule has 37 heavy (non-hydrogen) atoms. The van der Waals surface area contributed by atoms with E-state index in [9.17, 15) is 9.59 Å². The maximum atomic E-state index is 15.2. The van der Waals surface area contributed by atoms with Gasteiger partial charge in [0.15, 0.2) is 5.82 Å². The lowest BCUT2D eigenvalue weighted by Gasteiger charge is -2.32. The molecule has 8 heteroatoms. The quantitative estimate of drug-likeness (QED) is 0.440. The van der Waals surface area contributed by atoms with Crippen molar-refractivity contribution in [2.45, 2.75) is 58.1 Å². The average Bonchev–Trinajstić information content (AvgIpc) is 3.34. The molecular formula is C29H31FN4O3. The minimum absolute atomic E-state index is 0.0264. The monoisotopic (exact) mass is 505 g/mol. The number of likely N-dealkylation sites (tertiary alicyclic amines) is 1. The maximum absolute atomic E-state index is 15.2. The molecule has 2 aromatic carbocycles. The topological polar surface area (TPSA) is 67.7 Å². The predicted octanol–water partition coefficient (Wildman–Crippen LogP) is 4.91. The van der Waals surface area contributed by atoms with Crippen molar-refractivity contribution in [3.63, 3.8) is 0 Å². The summed E-state index contributed by atoms with van der Waals surface area (Å²) in [7, 11) is 0. The Morgan fingerprint density at radius 1 is 1.19 bits per heavy atom. The first-order chi connectivity index (χ1) is 18.8. The Morgan fingerprint density at radius 3 is 2.78 bits per heavy atom. The summed E-state index contributed by atoms with van der Waals surface area (Å²) in [4.78, 5) is 33.1. The molecule has 1 aromatic heterocycles. The van der Waals surface area contributed by atoms with Gasteiger partial charge in [0.1, 0.15) is 11.4 Å². The number of hydrogen-bond donors (Lipinski definition) is 0. The van der Waals surface area contributed by atoms with E-state index in [0.717, 1.165) is 29.7 Å². The highest BCUT2D eigenvalue weighted by Gasteiger charge is 2.31. The van der Waals surface area contributed by atoms with Gasteiger partial charge >= 0.3 is 11.8 Å². The van der Waals surface area contributed by atoms with Crippen LogP contribution in [0.4, 0.5) is 20.7 Å². The molecule has 2 aliphatic rings. The number of ether oxygens (including phenoxy) is 1. The Labute approximate surface area is 220 Å². The van der Waals surface area contributed by atoms with Crippen LogP contribution in [0.3, 0.4) is 0 Å². The lowest BCUT2D eigenvalue weighted by atomic mass is 9.96. The van der Waals surface area contributed by atoms with Crippen molar-refractivity contribution >= 4 is 28.5 Å². The van der Waals surface area contributed by atoms with Crippen molar-refractivity contribution in [1.29, 1.82) is 0 Å². The van der Waals surface area contributed by atoms with E-state index < -0.39 is 24.1 Å². The molecule has 0 radical (unpaired) electrons. The van der Waals surface area contributed by atoms with Crippen molar-refractivity contribution in [2.24, 2.45) is 6.98 Å². The number of carbonyl (C=O) groups is 1. The molecule has 2 aliphatic heterocycles. The second-order valence-corrected chi connectivity index (χ2v) is 10.3. The lowest BCUT2D eigenvalue weighted by molar-refractivity contribution is 0.0261. The first-order valence-electron chi connectivity index (χ1n) is 14.0. The van der Waals surface area contributed by atoms with Gasteiger partial charge in [0.2, 0.25) is 0 Å². The normalized spacial score (nSPS) is 18.9. The van der Waals surface area contributed by atoms with Crippen molar-refractivity contribution in [2.75, 3.05) is 18.0 Å². The van der Waals surface area contributed by atoms with E-state index in [1.165, 1.54) is 18.2 Å². The molecular weight excluding hydrogens is 471 g/mol. The number of anilines is 2. The summed E-state index contributed by atoms with van der Waals surface area (Å²) in [6, 6.07) is 9.37. The fourth-order valence-corrected chi connectivity index (χ4v) is 4.99. The fourth-order valence-electron chi connectivity index (χ4n) is 4.99. The van der Waals surface area contributed by atoms with Crippen LogP contribution in [0.2, 0.25) is 0 Å². The van der Waals surface area contributed by atoms with E-state index in [1.807, 2.05) is 39.0 Å². The smallest absolute Gasteiger partial charge is 0.411 e. The highest BCUT2D eigenvalue weighted by molar-refractivity contribution is 5.93. The van der Waals surface area contributed by atoms with E-state index in [4.69, 9.17) is 8.85 Å². The lowest BCUT2D eigenvalue weighted by Crippen LogP contribution is -2.39. The summed E-state index contributed by atoms with van der Waals surface area (Å²) in [5.41, 5.74) is 0.826. The number of aryl methyl sites for hydroxylation is 1. The van der Waals surface area contributed by atoms with E-state index in [1.54, 1.807) is 9.80 Å². The summed E-state index contributed by atoms with van der Waals surface area (Å²) in [5, 5.41) is -0.0264. The number of benzene rings is 2. The van der Waals surface area contributed by atoms with Gasteiger partial charge in [-0.1, -0.05) is 24.0 Å². The third kappa shape index (κ3) is 4.78. The summed E-state index contributed by atoms with van der Waals surface area (Å²) in [6.45, 7) is 3.73. The maximum Gasteiger partial charge on any atom is 0.411 e. The van der Waals surface area contributed by atoms with Crippen molar-refractivity contribution < 1.29 is 18.0 Å². The first kappa shape index (κ1) is 21.2. The number of fused-ring (bicyclic) bond motifs is 2. The van der Waals surface area contributed by atoms with Crippen LogP contribution >= 0.6 is 0 Å². The van der Waals surface area contributed by atoms with E-state index in [-0.39, 0.29) is 28.9 Å². The number of rotatable bonds is 1. The van der Waals surface area contributed by atoms with E-state index >= 15 is 4.39 Å². The van der Waals surface area contributed by atoms with E-state index in [0.29, 0.717) is 30.5 Å². The SMILES string of the molecule is [2H]C([2H])([2H])n1c(=O)nc(N2CCCc3c(C#CC4CCCN4C(=O)OC(C)(C)C)cccc32)c2c(F)cccc21. The van der Waals surface area contributed by atoms with Gasteiger partial charge in [0.25, 0.3) is 0 Å². The van der Waals surface area contributed by atoms with Crippen LogP contribution in [0, 0.1) is 17.7 Å². The molecule has 0 spiro atoms. The van der Waals surface area contributed by atoms with Gasteiger partial charge in [0, 0.05) is 35.4 Å². The molecule has 1 atom stereocenters. The standard InChI is InChI=1S/C29H31FN4O3/c1-29(2,3)37-28(36)33-17-7-10-20(33)16-15-19-9-5-13-23-21(19)11-8-18-34(23)26-25-22(30)12-6-14-24(25)32(4)27(35)31-26/h5-6,9,12-14,20H,7-8,10-11,17-18H2,1-4H3/i4D3. The van der Waals surface area contributed by atoms with Crippen LogP contribution in [0.25, 0.3) is 10.9 Å². The molecule has 0 aliphatic carbocycles. The van der Waals surface area contributed by atoms with Crippen molar-refractivity contribution in [3.8, 4) is 11.8 Å². The molecule has 3 aromatic rings. The van der Waals surface area contributed by atoms with Gasteiger partial charge in [-0.15, -0.1) is 0 Å². The number of carbonyl (C=O) groups excluding carboxylic acids is 1. The van der Waals surface area contributed by atoms with Crippen LogP contribution in [0.1, 0.15) is 55.3 Å². The molecule has 0 saturated carbocycles. The summed E-state index contributed by atoms with van der Waals surface area (Å²) in [5.74, 6) is 5.94. The van der Waals surface area contributed by atoms with Gasteiger partial charge in [-0.25, -0.2) is 14.0 Å². The second-order valence-electron chi connectivity index (χ2n) is 10.3. The van der Waals surface area contributed by atoms with Gasteiger partial charge in [-0.3, -0.25) is 9.47 Å². The molecule has 0 bridgehead atoms. The fraction of sp³-hybridized carbons (Fsp3) is 0.414. The molecule has 3 heterocycles. The van der Waals surface area contributed by atoms with Crippen LogP contribution in [-0.4, -0.2) is 45.3 Å². The van der Waals surface area contributed by atoms with Crippen molar-refractivity contribution in [3.05, 3.63) is 63.8 Å².